The van der Waals surface area contributed by atoms with Gasteiger partial charge in [-0.3, -0.25) is 19.3 Å². The Morgan fingerprint density at radius 1 is 0.946 bits per heavy atom. The molecular formula is C29H31N5O3. The number of hydrogen-bond acceptors (Lipinski definition) is 5. The predicted octanol–water partition coefficient (Wildman–Crippen LogP) is 4.71. The van der Waals surface area contributed by atoms with Gasteiger partial charge in [0.25, 0.3) is 0 Å². The second-order valence-electron chi connectivity index (χ2n) is 9.64. The second kappa shape index (κ2) is 10.7. The Bertz CT molecular complexity index is 1410. The number of anilines is 1. The maximum absolute atomic E-state index is 14.0. The van der Waals surface area contributed by atoms with Crippen molar-refractivity contribution in [2.45, 2.75) is 52.2 Å². The average Bonchev–Trinajstić information content (AvgIpc) is 3.30. The van der Waals surface area contributed by atoms with Crippen molar-refractivity contribution in [2.75, 3.05) is 4.90 Å². The van der Waals surface area contributed by atoms with Crippen molar-refractivity contribution < 1.29 is 14.4 Å². The van der Waals surface area contributed by atoms with Crippen LogP contribution in [0.15, 0.2) is 78.9 Å². The number of fused-ring (bicyclic) bond motifs is 1. The van der Waals surface area contributed by atoms with E-state index in [0.29, 0.717) is 28.8 Å². The third kappa shape index (κ3) is 5.74. The summed E-state index contributed by atoms with van der Waals surface area (Å²) < 4.78 is 1.53. The van der Waals surface area contributed by atoms with E-state index in [1.807, 2.05) is 75.4 Å². The molecule has 2 amide bonds. The van der Waals surface area contributed by atoms with Crippen LogP contribution in [0.3, 0.4) is 0 Å². The molecule has 190 valence electrons. The number of amides is 2. The molecule has 37 heavy (non-hydrogen) atoms. The van der Waals surface area contributed by atoms with Crippen molar-refractivity contribution in [3.63, 3.8) is 0 Å². The molecule has 1 N–H and O–H groups in total. The molecule has 1 atom stereocenters. The van der Waals surface area contributed by atoms with Crippen LogP contribution in [0.25, 0.3) is 11.0 Å². The van der Waals surface area contributed by atoms with E-state index in [4.69, 9.17) is 0 Å². The quantitative estimate of drug-likeness (QED) is 0.338. The lowest BCUT2D eigenvalue weighted by Gasteiger charge is -2.34. The molecule has 0 bridgehead atoms. The van der Waals surface area contributed by atoms with Crippen LogP contribution >= 0.6 is 0 Å². The molecule has 1 aromatic heterocycles. The monoisotopic (exact) mass is 497 g/mol. The van der Waals surface area contributed by atoms with Crippen LogP contribution in [-0.2, 0) is 16.1 Å². The van der Waals surface area contributed by atoms with E-state index in [2.05, 4.69) is 15.6 Å². The number of benzene rings is 3. The first-order valence-corrected chi connectivity index (χ1v) is 12.3. The Labute approximate surface area is 216 Å². The summed E-state index contributed by atoms with van der Waals surface area (Å²) in [5, 5.41) is 11.4. The standard InChI is InChI=1S/C29H31N5O3/c1-5-29(3,4)30-28(37)27(22-11-7-6-8-12-22)34(23-17-15-21(16-18-23)20(2)35)26(36)19-33-25-14-10-9-13-24(25)31-32-33/h6-18,27H,5,19H2,1-4H3,(H,30,37)/t27-/m0/s1. The first kappa shape index (κ1) is 25.8. The number of nitrogens with one attached hydrogen (secondary N) is 1. The minimum atomic E-state index is -0.947. The Kier molecular flexibility index (Phi) is 7.47. The molecule has 0 unspecified atom stereocenters. The summed E-state index contributed by atoms with van der Waals surface area (Å²) in [5.41, 5.74) is 2.60. The summed E-state index contributed by atoms with van der Waals surface area (Å²) in [7, 11) is 0. The third-order valence-corrected chi connectivity index (χ3v) is 6.49. The Hall–Kier alpha value is -4.33. The first-order chi connectivity index (χ1) is 17.7. The van der Waals surface area contributed by atoms with Crippen LogP contribution in [0, 0.1) is 0 Å². The highest BCUT2D eigenvalue weighted by atomic mass is 16.2. The Morgan fingerprint density at radius 2 is 1.59 bits per heavy atom. The Morgan fingerprint density at radius 3 is 2.24 bits per heavy atom. The molecule has 0 aliphatic rings. The van der Waals surface area contributed by atoms with Crippen LogP contribution in [0.5, 0.6) is 0 Å². The SMILES string of the molecule is CCC(C)(C)NC(=O)[C@H](c1ccccc1)N(C(=O)Cn1nnc2ccccc21)c1ccc(C(C)=O)cc1. The van der Waals surface area contributed by atoms with Crippen LogP contribution in [0.1, 0.15) is 56.1 Å². The molecule has 0 radical (unpaired) electrons. The van der Waals surface area contributed by atoms with Gasteiger partial charge >= 0.3 is 0 Å². The summed E-state index contributed by atoms with van der Waals surface area (Å²) in [4.78, 5) is 41.2. The van der Waals surface area contributed by atoms with Crippen LogP contribution < -0.4 is 10.2 Å². The van der Waals surface area contributed by atoms with E-state index in [0.717, 1.165) is 5.52 Å². The van der Waals surface area contributed by atoms with Crippen LogP contribution in [0.2, 0.25) is 0 Å². The van der Waals surface area contributed by atoms with Crippen molar-refractivity contribution >= 4 is 34.3 Å². The predicted molar refractivity (Wildman–Crippen MR) is 143 cm³/mol. The van der Waals surface area contributed by atoms with Gasteiger partial charge in [-0.2, -0.15) is 0 Å². The van der Waals surface area contributed by atoms with Gasteiger partial charge in [-0.15, -0.1) is 5.10 Å². The normalized spacial score (nSPS) is 12.2. The minimum Gasteiger partial charge on any atom is -0.349 e. The lowest BCUT2D eigenvalue weighted by Crippen LogP contribution is -2.51. The highest BCUT2D eigenvalue weighted by Crippen LogP contribution is 2.30. The van der Waals surface area contributed by atoms with Gasteiger partial charge in [0, 0.05) is 16.8 Å². The number of Topliss-reactive ketones (excluding diaryl/α,β-unsaturated/α-hetero) is 1. The highest BCUT2D eigenvalue weighted by Gasteiger charge is 2.35. The van der Waals surface area contributed by atoms with Gasteiger partial charge in [0.1, 0.15) is 18.1 Å². The van der Waals surface area contributed by atoms with Crippen molar-refractivity contribution in [3.8, 4) is 0 Å². The largest absolute Gasteiger partial charge is 0.349 e. The van der Waals surface area contributed by atoms with Crippen molar-refractivity contribution in [3.05, 3.63) is 90.0 Å². The molecule has 0 spiro atoms. The van der Waals surface area contributed by atoms with Crippen LogP contribution in [-0.4, -0.2) is 38.1 Å². The molecule has 8 heteroatoms. The van der Waals surface area contributed by atoms with Gasteiger partial charge in [0.15, 0.2) is 5.78 Å². The lowest BCUT2D eigenvalue weighted by molar-refractivity contribution is -0.128. The van der Waals surface area contributed by atoms with Gasteiger partial charge in [-0.25, -0.2) is 4.68 Å². The van der Waals surface area contributed by atoms with E-state index in [-0.39, 0.29) is 24.1 Å². The minimum absolute atomic E-state index is 0.0828. The topological polar surface area (TPSA) is 97.2 Å². The van der Waals surface area contributed by atoms with E-state index < -0.39 is 11.6 Å². The molecule has 4 aromatic rings. The highest BCUT2D eigenvalue weighted by molar-refractivity contribution is 6.02. The summed E-state index contributed by atoms with van der Waals surface area (Å²) in [5.74, 6) is -0.726. The second-order valence-corrected chi connectivity index (χ2v) is 9.64. The molecule has 0 saturated carbocycles. The maximum Gasteiger partial charge on any atom is 0.249 e. The molecule has 4 rings (SSSR count). The van der Waals surface area contributed by atoms with E-state index in [9.17, 15) is 14.4 Å². The smallest absolute Gasteiger partial charge is 0.249 e. The number of ketones is 1. The Balaban J connectivity index is 1.81. The fourth-order valence-electron chi connectivity index (χ4n) is 4.08. The molecule has 3 aromatic carbocycles. The molecule has 0 fully saturated rings. The zero-order valence-electron chi connectivity index (χ0n) is 21.5. The van der Waals surface area contributed by atoms with Gasteiger partial charge in [-0.1, -0.05) is 54.6 Å². The van der Waals surface area contributed by atoms with Crippen molar-refractivity contribution in [1.82, 2.24) is 20.3 Å². The number of hydrogen-bond donors (Lipinski definition) is 1. The van der Waals surface area contributed by atoms with Gasteiger partial charge in [-0.05, 0) is 69.2 Å². The lowest BCUT2D eigenvalue weighted by atomic mass is 9.98. The summed E-state index contributed by atoms with van der Waals surface area (Å²) in [6.45, 7) is 7.26. The zero-order chi connectivity index (χ0) is 26.6. The van der Waals surface area contributed by atoms with E-state index in [1.165, 1.54) is 16.5 Å². The van der Waals surface area contributed by atoms with Gasteiger partial charge < -0.3 is 5.32 Å². The van der Waals surface area contributed by atoms with Crippen molar-refractivity contribution in [1.29, 1.82) is 0 Å². The molecule has 1 heterocycles. The third-order valence-electron chi connectivity index (χ3n) is 6.49. The number of aromatic nitrogens is 3. The maximum atomic E-state index is 14.0. The van der Waals surface area contributed by atoms with Crippen molar-refractivity contribution in [2.24, 2.45) is 0 Å². The van der Waals surface area contributed by atoms with E-state index in [1.54, 1.807) is 24.3 Å². The average molecular weight is 498 g/mol. The fourth-order valence-corrected chi connectivity index (χ4v) is 4.08. The summed E-state index contributed by atoms with van der Waals surface area (Å²) in [6.07, 6.45) is 0.715. The zero-order valence-corrected chi connectivity index (χ0v) is 21.5. The van der Waals surface area contributed by atoms with Gasteiger partial charge in [0.2, 0.25) is 11.8 Å². The summed E-state index contributed by atoms with van der Waals surface area (Å²) in [6, 6.07) is 22.4. The van der Waals surface area contributed by atoms with Crippen LogP contribution in [0.4, 0.5) is 5.69 Å². The fraction of sp³-hybridized carbons (Fsp3) is 0.276. The number of carbonyl (C=O) groups is 3. The molecule has 0 saturated heterocycles. The number of nitrogens with zero attached hydrogens (tertiary/aromatic N) is 4. The number of carbonyl (C=O) groups excluding carboxylic acids is 3. The van der Waals surface area contributed by atoms with E-state index >= 15 is 0 Å². The molecule has 0 aliphatic carbocycles. The van der Waals surface area contributed by atoms with Gasteiger partial charge in [0.05, 0.1) is 5.52 Å². The number of para-hydroxylation sites is 1. The molecule has 0 aliphatic heterocycles. The summed E-state index contributed by atoms with van der Waals surface area (Å²) >= 11 is 0. The number of rotatable bonds is 9. The first-order valence-electron chi connectivity index (χ1n) is 12.3. The molecule has 8 nitrogen and oxygen atoms in total. The molecular weight excluding hydrogens is 466 g/mol.